The van der Waals surface area contributed by atoms with Gasteiger partial charge in [-0.3, -0.25) is 4.99 Å². The zero-order chi connectivity index (χ0) is 13.9. The minimum absolute atomic E-state index is 0.854. The van der Waals surface area contributed by atoms with E-state index >= 15 is 0 Å². The second kappa shape index (κ2) is 9.86. The van der Waals surface area contributed by atoms with Crippen LogP contribution in [0.2, 0.25) is 0 Å². The number of guanidine groups is 1. The Morgan fingerprint density at radius 3 is 2.95 bits per heavy atom. The Labute approximate surface area is 123 Å². The third-order valence-corrected chi connectivity index (χ3v) is 4.24. The molecule has 106 valence electrons. The van der Waals surface area contributed by atoms with Crippen LogP contribution < -0.4 is 10.6 Å². The van der Waals surface area contributed by atoms with Gasteiger partial charge in [-0.2, -0.15) is 11.8 Å². The van der Waals surface area contributed by atoms with E-state index in [4.69, 9.17) is 0 Å². The highest BCUT2D eigenvalue weighted by atomic mass is 32.2. The summed E-state index contributed by atoms with van der Waals surface area (Å²) in [6.45, 7) is 7.54. The number of aliphatic imine (C=N–C) groups is 1. The van der Waals surface area contributed by atoms with Gasteiger partial charge in [-0.05, 0) is 6.92 Å². The summed E-state index contributed by atoms with van der Waals surface area (Å²) in [7, 11) is 1.79. The van der Waals surface area contributed by atoms with Crippen LogP contribution in [0.4, 0.5) is 0 Å². The highest BCUT2D eigenvalue weighted by Crippen LogP contribution is 2.10. The van der Waals surface area contributed by atoms with Crippen LogP contribution in [0.25, 0.3) is 0 Å². The maximum atomic E-state index is 4.34. The molecule has 0 saturated heterocycles. The number of thiazole rings is 1. The van der Waals surface area contributed by atoms with Gasteiger partial charge < -0.3 is 10.6 Å². The zero-order valence-corrected chi connectivity index (χ0v) is 13.2. The molecule has 1 aromatic rings. The molecule has 1 aromatic heterocycles. The lowest BCUT2D eigenvalue weighted by molar-refractivity contribution is 0.808. The molecule has 0 unspecified atom stereocenters. The van der Waals surface area contributed by atoms with Gasteiger partial charge in [-0.1, -0.05) is 6.08 Å². The van der Waals surface area contributed by atoms with Gasteiger partial charge >= 0.3 is 0 Å². The van der Waals surface area contributed by atoms with Gasteiger partial charge in [0, 0.05) is 49.1 Å². The largest absolute Gasteiger partial charge is 0.356 e. The summed E-state index contributed by atoms with van der Waals surface area (Å²) in [4.78, 5) is 9.79. The summed E-state index contributed by atoms with van der Waals surface area (Å²) in [5.41, 5.74) is 0. The normalized spacial score (nSPS) is 11.4. The Balaban J connectivity index is 2.13. The van der Waals surface area contributed by atoms with Crippen molar-refractivity contribution in [1.82, 2.24) is 15.6 Å². The summed E-state index contributed by atoms with van der Waals surface area (Å²) in [6.07, 6.45) is 4.78. The molecule has 0 radical (unpaired) electrons. The fourth-order valence-corrected chi connectivity index (χ4v) is 2.80. The molecule has 0 aliphatic rings. The lowest BCUT2D eigenvalue weighted by Gasteiger charge is -2.10. The first-order valence-electron chi connectivity index (χ1n) is 6.30. The minimum atomic E-state index is 0.854. The predicted octanol–water partition coefficient (Wildman–Crippen LogP) is 2.08. The van der Waals surface area contributed by atoms with Crippen LogP contribution in [-0.4, -0.2) is 42.6 Å². The van der Waals surface area contributed by atoms with E-state index in [0.717, 1.165) is 37.0 Å². The standard InChI is InChI=1S/C13H22N4S2/c1-4-8-18-9-7-16-13(14-3)15-6-5-12-17-10-11(2)19-12/h4,10H,1,5-9H2,2-3H3,(H2,14,15,16). The molecule has 1 heterocycles. The Bertz CT molecular complexity index is 401. The first-order chi connectivity index (χ1) is 9.26. The van der Waals surface area contributed by atoms with Crippen molar-refractivity contribution in [2.24, 2.45) is 4.99 Å². The lowest BCUT2D eigenvalue weighted by Crippen LogP contribution is -2.39. The van der Waals surface area contributed by atoms with Crippen molar-refractivity contribution in [2.75, 3.05) is 31.6 Å². The Hall–Kier alpha value is -1.01. The smallest absolute Gasteiger partial charge is 0.191 e. The quantitative estimate of drug-likeness (QED) is 0.334. The number of hydrogen-bond donors (Lipinski definition) is 2. The molecule has 6 heteroatoms. The first kappa shape index (κ1) is 16.0. The monoisotopic (exact) mass is 298 g/mol. The average molecular weight is 298 g/mol. The lowest BCUT2D eigenvalue weighted by atomic mass is 10.4. The van der Waals surface area contributed by atoms with E-state index in [0.29, 0.717) is 0 Å². The molecule has 0 spiro atoms. The van der Waals surface area contributed by atoms with Gasteiger partial charge in [-0.25, -0.2) is 4.98 Å². The average Bonchev–Trinajstić information content (AvgIpc) is 2.82. The molecule has 2 N–H and O–H groups in total. The molecule has 0 aromatic carbocycles. The number of nitrogens with zero attached hydrogens (tertiary/aromatic N) is 2. The number of thioether (sulfide) groups is 1. The van der Waals surface area contributed by atoms with Crippen LogP contribution in [0.3, 0.4) is 0 Å². The van der Waals surface area contributed by atoms with Gasteiger partial charge in [0.1, 0.15) is 0 Å². The second-order valence-corrected chi connectivity index (χ2v) is 6.37. The van der Waals surface area contributed by atoms with Crippen molar-refractivity contribution in [3.05, 3.63) is 28.7 Å². The molecular formula is C13H22N4S2. The molecule has 0 saturated carbocycles. The SMILES string of the molecule is C=CCSCCNC(=NC)NCCc1ncc(C)s1. The van der Waals surface area contributed by atoms with E-state index in [1.165, 1.54) is 9.88 Å². The molecule has 0 bridgehead atoms. The fraction of sp³-hybridized carbons (Fsp3) is 0.538. The molecule has 1 rings (SSSR count). The molecular weight excluding hydrogens is 276 g/mol. The second-order valence-electron chi connectivity index (χ2n) is 3.90. The molecule has 19 heavy (non-hydrogen) atoms. The topological polar surface area (TPSA) is 49.3 Å². The molecule has 0 atom stereocenters. The van der Waals surface area contributed by atoms with Gasteiger partial charge in [0.15, 0.2) is 5.96 Å². The fourth-order valence-electron chi connectivity index (χ4n) is 1.43. The van der Waals surface area contributed by atoms with E-state index in [1.54, 1.807) is 18.4 Å². The molecule has 0 amide bonds. The van der Waals surface area contributed by atoms with Crippen molar-refractivity contribution in [3.63, 3.8) is 0 Å². The van der Waals surface area contributed by atoms with Crippen molar-refractivity contribution in [2.45, 2.75) is 13.3 Å². The third-order valence-electron chi connectivity index (χ3n) is 2.30. The van der Waals surface area contributed by atoms with Crippen LogP contribution in [0.15, 0.2) is 23.8 Å². The van der Waals surface area contributed by atoms with E-state index in [2.05, 4.69) is 34.1 Å². The van der Waals surface area contributed by atoms with Crippen molar-refractivity contribution < 1.29 is 0 Å². The van der Waals surface area contributed by atoms with Gasteiger partial charge in [0.2, 0.25) is 0 Å². The molecule has 0 aliphatic heterocycles. The highest BCUT2D eigenvalue weighted by molar-refractivity contribution is 7.99. The molecule has 4 nitrogen and oxygen atoms in total. The minimum Gasteiger partial charge on any atom is -0.356 e. The van der Waals surface area contributed by atoms with Gasteiger partial charge in [0.05, 0.1) is 5.01 Å². The Morgan fingerprint density at radius 1 is 1.53 bits per heavy atom. The number of hydrogen-bond acceptors (Lipinski definition) is 4. The van der Waals surface area contributed by atoms with Crippen LogP contribution >= 0.6 is 23.1 Å². The highest BCUT2D eigenvalue weighted by Gasteiger charge is 2.00. The first-order valence-corrected chi connectivity index (χ1v) is 8.28. The maximum absolute atomic E-state index is 4.34. The maximum Gasteiger partial charge on any atom is 0.191 e. The van der Waals surface area contributed by atoms with Gasteiger partial charge in [-0.15, -0.1) is 17.9 Å². The predicted molar refractivity (Wildman–Crippen MR) is 87.4 cm³/mol. The third kappa shape index (κ3) is 7.22. The Morgan fingerprint density at radius 2 is 2.32 bits per heavy atom. The summed E-state index contributed by atoms with van der Waals surface area (Å²) in [5, 5.41) is 7.75. The van der Waals surface area contributed by atoms with Crippen molar-refractivity contribution in [1.29, 1.82) is 0 Å². The van der Waals surface area contributed by atoms with E-state index < -0.39 is 0 Å². The molecule has 0 aliphatic carbocycles. The summed E-state index contributed by atoms with van der Waals surface area (Å²) in [5.74, 6) is 2.91. The van der Waals surface area contributed by atoms with Crippen LogP contribution in [0.1, 0.15) is 9.88 Å². The van der Waals surface area contributed by atoms with E-state index in [9.17, 15) is 0 Å². The van der Waals surface area contributed by atoms with E-state index in [-0.39, 0.29) is 0 Å². The number of aryl methyl sites for hydroxylation is 1. The van der Waals surface area contributed by atoms with Crippen molar-refractivity contribution in [3.8, 4) is 0 Å². The number of aromatic nitrogens is 1. The van der Waals surface area contributed by atoms with Crippen LogP contribution in [-0.2, 0) is 6.42 Å². The van der Waals surface area contributed by atoms with Crippen LogP contribution in [0, 0.1) is 6.92 Å². The number of rotatable bonds is 8. The van der Waals surface area contributed by atoms with Gasteiger partial charge in [0.25, 0.3) is 0 Å². The molecule has 0 fully saturated rings. The van der Waals surface area contributed by atoms with Crippen molar-refractivity contribution >= 4 is 29.1 Å². The van der Waals surface area contributed by atoms with Crippen LogP contribution in [0.5, 0.6) is 0 Å². The summed E-state index contributed by atoms with van der Waals surface area (Å²) in [6, 6.07) is 0. The summed E-state index contributed by atoms with van der Waals surface area (Å²) < 4.78 is 0. The van der Waals surface area contributed by atoms with E-state index in [1.807, 2.05) is 24.0 Å². The summed E-state index contributed by atoms with van der Waals surface area (Å²) >= 11 is 3.61. The Kier molecular flexibility index (Phi) is 8.33. The zero-order valence-electron chi connectivity index (χ0n) is 11.6. The number of nitrogens with one attached hydrogen (secondary N) is 2.